The Balaban J connectivity index is 2.14. The topological polar surface area (TPSA) is 49.4 Å². The maximum absolute atomic E-state index is 5.33. The molecule has 0 amide bonds. The molecule has 5 nitrogen and oxygen atoms in total. The highest BCUT2D eigenvalue weighted by Crippen LogP contribution is 2.29. The first kappa shape index (κ1) is 15.5. The number of methoxy groups -OCH3 is 1. The Morgan fingerprint density at radius 1 is 1.33 bits per heavy atom. The predicted octanol–water partition coefficient (Wildman–Crippen LogP) is 2.09. The molecule has 0 aliphatic carbocycles. The van der Waals surface area contributed by atoms with Gasteiger partial charge in [0.15, 0.2) is 5.11 Å². The smallest absolute Gasteiger partial charge is 0.170 e. The predicted molar refractivity (Wildman–Crippen MR) is 91.1 cm³/mol. The maximum Gasteiger partial charge on any atom is 0.170 e. The Bertz CT molecular complexity index is 630. The SMILES string of the molecule is COc1ccc(NC(=S)NCCN(C)C)c2cccnc12. The van der Waals surface area contributed by atoms with Crippen LogP contribution in [0.25, 0.3) is 10.9 Å². The summed E-state index contributed by atoms with van der Waals surface area (Å²) in [7, 11) is 5.70. The molecule has 1 aromatic carbocycles. The van der Waals surface area contributed by atoms with Gasteiger partial charge in [0, 0.05) is 30.4 Å². The van der Waals surface area contributed by atoms with Crippen LogP contribution in [0.4, 0.5) is 5.69 Å². The molecule has 1 heterocycles. The van der Waals surface area contributed by atoms with Crippen molar-refractivity contribution in [3.63, 3.8) is 0 Å². The fraction of sp³-hybridized carbons (Fsp3) is 0.333. The van der Waals surface area contributed by atoms with Crippen LogP contribution in [0.2, 0.25) is 0 Å². The number of nitrogens with one attached hydrogen (secondary N) is 2. The van der Waals surface area contributed by atoms with Crippen LogP contribution in [0, 0.1) is 0 Å². The van der Waals surface area contributed by atoms with Crippen LogP contribution in [0.15, 0.2) is 30.5 Å². The molecule has 112 valence electrons. The number of rotatable bonds is 5. The summed E-state index contributed by atoms with van der Waals surface area (Å²) in [6.07, 6.45) is 1.75. The van der Waals surface area contributed by atoms with Crippen molar-refractivity contribution in [2.45, 2.75) is 0 Å². The van der Waals surface area contributed by atoms with E-state index < -0.39 is 0 Å². The van der Waals surface area contributed by atoms with E-state index in [1.54, 1.807) is 13.3 Å². The normalized spacial score (nSPS) is 10.7. The van der Waals surface area contributed by atoms with Crippen molar-refractivity contribution >= 4 is 33.9 Å². The summed E-state index contributed by atoms with van der Waals surface area (Å²) >= 11 is 5.32. The molecule has 2 N–H and O–H groups in total. The first-order valence-corrected chi connectivity index (χ1v) is 7.14. The molecular weight excluding hydrogens is 284 g/mol. The molecule has 2 aromatic rings. The average Bonchev–Trinajstić information content (AvgIpc) is 2.47. The van der Waals surface area contributed by atoms with E-state index in [1.165, 1.54) is 0 Å². The molecule has 0 aliphatic heterocycles. The van der Waals surface area contributed by atoms with Crippen molar-refractivity contribution in [1.29, 1.82) is 0 Å². The number of ether oxygens (including phenoxy) is 1. The zero-order chi connectivity index (χ0) is 15.2. The second-order valence-corrected chi connectivity index (χ2v) is 5.31. The summed E-state index contributed by atoms with van der Waals surface area (Å²) in [5.41, 5.74) is 1.74. The fourth-order valence-electron chi connectivity index (χ4n) is 1.98. The molecule has 0 atom stereocenters. The van der Waals surface area contributed by atoms with Crippen LogP contribution >= 0.6 is 12.2 Å². The number of hydrogen-bond acceptors (Lipinski definition) is 4. The van der Waals surface area contributed by atoms with Gasteiger partial charge in [0.2, 0.25) is 0 Å². The Kier molecular flexibility index (Phi) is 5.30. The van der Waals surface area contributed by atoms with E-state index in [-0.39, 0.29) is 0 Å². The summed E-state index contributed by atoms with van der Waals surface area (Å²) < 4.78 is 5.33. The van der Waals surface area contributed by atoms with Gasteiger partial charge in [0.25, 0.3) is 0 Å². The van der Waals surface area contributed by atoms with Crippen LogP contribution in [-0.4, -0.2) is 49.3 Å². The van der Waals surface area contributed by atoms with Crippen molar-refractivity contribution < 1.29 is 4.74 Å². The molecule has 2 rings (SSSR count). The number of pyridine rings is 1. The Labute approximate surface area is 130 Å². The van der Waals surface area contributed by atoms with Gasteiger partial charge in [-0.1, -0.05) is 0 Å². The lowest BCUT2D eigenvalue weighted by molar-refractivity contribution is 0.413. The lowest BCUT2D eigenvalue weighted by Gasteiger charge is -2.15. The lowest BCUT2D eigenvalue weighted by Crippen LogP contribution is -2.34. The zero-order valence-corrected chi connectivity index (χ0v) is 13.3. The van der Waals surface area contributed by atoms with Gasteiger partial charge in [-0.15, -0.1) is 0 Å². The van der Waals surface area contributed by atoms with Crippen LogP contribution in [0.3, 0.4) is 0 Å². The molecule has 0 unspecified atom stereocenters. The standard InChI is InChI=1S/C15H20N4OS/c1-19(2)10-9-17-15(21)18-12-6-7-13(20-3)14-11(12)5-4-8-16-14/h4-8H,9-10H2,1-3H3,(H2,17,18,21). The Hall–Kier alpha value is -1.92. The van der Waals surface area contributed by atoms with Gasteiger partial charge < -0.3 is 20.3 Å². The van der Waals surface area contributed by atoms with Gasteiger partial charge in [-0.3, -0.25) is 4.98 Å². The average molecular weight is 304 g/mol. The number of nitrogens with zero attached hydrogens (tertiary/aromatic N) is 2. The van der Waals surface area contributed by atoms with Gasteiger partial charge in [0.05, 0.1) is 7.11 Å². The molecule has 0 spiro atoms. The summed E-state index contributed by atoms with van der Waals surface area (Å²) in [4.78, 5) is 6.47. The number of anilines is 1. The van der Waals surface area contributed by atoms with Crippen molar-refractivity contribution in [3.8, 4) is 5.75 Å². The summed E-state index contributed by atoms with van der Waals surface area (Å²) in [5, 5.41) is 7.98. The maximum atomic E-state index is 5.33. The molecule has 0 saturated carbocycles. The van der Waals surface area contributed by atoms with Crippen LogP contribution < -0.4 is 15.4 Å². The van der Waals surface area contributed by atoms with Crippen molar-refractivity contribution in [3.05, 3.63) is 30.5 Å². The third-order valence-electron chi connectivity index (χ3n) is 3.05. The minimum atomic E-state index is 0.604. The minimum absolute atomic E-state index is 0.604. The highest BCUT2D eigenvalue weighted by atomic mass is 32.1. The number of aromatic nitrogens is 1. The number of thiocarbonyl (C=S) groups is 1. The molecular formula is C15H20N4OS. The van der Waals surface area contributed by atoms with Crippen molar-refractivity contribution in [1.82, 2.24) is 15.2 Å². The third-order valence-corrected chi connectivity index (χ3v) is 3.29. The van der Waals surface area contributed by atoms with E-state index in [9.17, 15) is 0 Å². The number of hydrogen-bond donors (Lipinski definition) is 2. The van der Waals surface area contributed by atoms with E-state index in [4.69, 9.17) is 17.0 Å². The van der Waals surface area contributed by atoms with E-state index >= 15 is 0 Å². The molecule has 0 aliphatic rings. The number of likely N-dealkylation sites (N-methyl/N-ethyl adjacent to an activating group) is 1. The number of benzene rings is 1. The molecule has 0 bridgehead atoms. The molecule has 0 fully saturated rings. The van der Waals surface area contributed by atoms with Crippen LogP contribution in [0.5, 0.6) is 5.75 Å². The minimum Gasteiger partial charge on any atom is -0.494 e. The van der Waals surface area contributed by atoms with Crippen LogP contribution in [-0.2, 0) is 0 Å². The summed E-state index contributed by atoms with van der Waals surface area (Å²) in [6, 6.07) is 7.73. The third kappa shape index (κ3) is 4.03. The second-order valence-electron chi connectivity index (χ2n) is 4.90. The molecule has 6 heteroatoms. The first-order chi connectivity index (χ1) is 10.1. The van der Waals surface area contributed by atoms with Gasteiger partial charge in [-0.05, 0) is 50.6 Å². The van der Waals surface area contributed by atoms with E-state index in [0.29, 0.717) is 5.11 Å². The van der Waals surface area contributed by atoms with Crippen LogP contribution in [0.1, 0.15) is 0 Å². The van der Waals surface area contributed by atoms with Gasteiger partial charge in [-0.2, -0.15) is 0 Å². The van der Waals surface area contributed by atoms with Gasteiger partial charge in [0.1, 0.15) is 11.3 Å². The van der Waals surface area contributed by atoms with Crippen molar-refractivity contribution in [2.75, 3.05) is 39.6 Å². The lowest BCUT2D eigenvalue weighted by atomic mass is 10.1. The van der Waals surface area contributed by atoms with E-state index in [1.807, 2.05) is 38.4 Å². The second kappa shape index (κ2) is 7.19. The highest BCUT2D eigenvalue weighted by Gasteiger charge is 2.08. The quantitative estimate of drug-likeness (QED) is 0.825. The van der Waals surface area contributed by atoms with Gasteiger partial charge >= 0.3 is 0 Å². The highest BCUT2D eigenvalue weighted by molar-refractivity contribution is 7.80. The summed E-state index contributed by atoms with van der Waals surface area (Å²) in [6.45, 7) is 1.72. The van der Waals surface area contributed by atoms with Crippen molar-refractivity contribution in [2.24, 2.45) is 0 Å². The monoisotopic (exact) mass is 304 g/mol. The molecule has 0 saturated heterocycles. The van der Waals surface area contributed by atoms with Gasteiger partial charge in [-0.25, -0.2) is 0 Å². The largest absolute Gasteiger partial charge is 0.494 e. The Morgan fingerprint density at radius 3 is 2.86 bits per heavy atom. The Morgan fingerprint density at radius 2 is 2.14 bits per heavy atom. The molecule has 21 heavy (non-hydrogen) atoms. The van der Waals surface area contributed by atoms with E-state index in [0.717, 1.165) is 35.4 Å². The van der Waals surface area contributed by atoms with E-state index in [2.05, 4.69) is 20.5 Å². The number of fused-ring (bicyclic) bond motifs is 1. The zero-order valence-electron chi connectivity index (χ0n) is 12.5. The molecule has 1 aromatic heterocycles. The fourth-order valence-corrected chi connectivity index (χ4v) is 2.19. The summed E-state index contributed by atoms with van der Waals surface area (Å²) in [5.74, 6) is 0.752. The first-order valence-electron chi connectivity index (χ1n) is 6.73. The molecule has 0 radical (unpaired) electrons.